The molecule has 0 aromatic heterocycles. The van der Waals surface area contributed by atoms with E-state index in [1.54, 1.807) is 18.2 Å². The fourth-order valence-electron chi connectivity index (χ4n) is 3.02. The third kappa shape index (κ3) is 4.77. The van der Waals surface area contributed by atoms with E-state index in [0.717, 1.165) is 11.1 Å². The van der Waals surface area contributed by atoms with Gasteiger partial charge in [-0.05, 0) is 36.8 Å². The summed E-state index contributed by atoms with van der Waals surface area (Å²) in [6, 6.07) is 17.2. The molecular formula is C22H22N2O6S. The Labute approximate surface area is 180 Å². The van der Waals surface area contributed by atoms with Gasteiger partial charge in [-0.2, -0.15) is 0 Å². The summed E-state index contributed by atoms with van der Waals surface area (Å²) >= 11 is 0. The molecular weight excluding hydrogens is 420 g/mol. The number of nitro benzene ring substituents is 1. The molecule has 3 rings (SSSR count). The SMILES string of the molecule is COc1ccc(N(Cc2ccc(C)cc2)S(=O)(=O)c2ccc([N+](=O)[O-])cc2)cc1OC. The Morgan fingerprint density at radius 2 is 1.52 bits per heavy atom. The van der Waals surface area contributed by atoms with Gasteiger partial charge in [0, 0.05) is 18.2 Å². The Kier molecular flexibility index (Phi) is 6.45. The summed E-state index contributed by atoms with van der Waals surface area (Å²) in [6.45, 7) is 2.01. The highest BCUT2D eigenvalue weighted by atomic mass is 32.2. The van der Waals surface area contributed by atoms with Crippen LogP contribution < -0.4 is 13.8 Å². The predicted molar refractivity (Wildman–Crippen MR) is 117 cm³/mol. The van der Waals surface area contributed by atoms with E-state index in [1.807, 2.05) is 31.2 Å². The lowest BCUT2D eigenvalue weighted by Crippen LogP contribution is -2.30. The molecule has 0 saturated carbocycles. The number of nitrogens with zero attached hydrogens (tertiary/aromatic N) is 2. The zero-order chi connectivity index (χ0) is 22.6. The maximum Gasteiger partial charge on any atom is 0.269 e. The fourth-order valence-corrected chi connectivity index (χ4v) is 4.47. The standard InChI is InChI=1S/C22H22N2O6S/c1-16-4-6-17(7-5-16)15-23(19-10-13-21(29-2)22(14-19)30-3)31(27,28)20-11-8-18(9-12-20)24(25)26/h4-14H,15H2,1-3H3. The summed E-state index contributed by atoms with van der Waals surface area (Å²) in [5.74, 6) is 0.849. The maximum atomic E-state index is 13.5. The molecule has 0 radical (unpaired) electrons. The molecule has 8 nitrogen and oxygen atoms in total. The van der Waals surface area contributed by atoms with Gasteiger partial charge >= 0.3 is 0 Å². The van der Waals surface area contributed by atoms with Gasteiger partial charge in [0.05, 0.1) is 36.3 Å². The van der Waals surface area contributed by atoms with Crippen molar-refractivity contribution in [3.05, 3.63) is 88.0 Å². The van der Waals surface area contributed by atoms with Crippen molar-refractivity contribution in [3.63, 3.8) is 0 Å². The van der Waals surface area contributed by atoms with E-state index in [9.17, 15) is 18.5 Å². The average molecular weight is 442 g/mol. The van der Waals surface area contributed by atoms with E-state index in [2.05, 4.69) is 0 Å². The molecule has 3 aromatic carbocycles. The van der Waals surface area contributed by atoms with Gasteiger partial charge in [0.2, 0.25) is 0 Å². The van der Waals surface area contributed by atoms with Crippen LogP contribution in [0.4, 0.5) is 11.4 Å². The first kappa shape index (κ1) is 22.1. The molecule has 0 unspecified atom stereocenters. The van der Waals surface area contributed by atoms with Gasteiger partial charge in [0.25, 0.3) is 15.7 Å². The van der Waals surface area contributed by atoms with Crippen molar-refractivity contribution in [2.24, 2.45) is 0 Å². The number of aryl methyl sites for hydroxylation is 1. The van der Waals surface area contributed by atoms with Crippen LogP contribution in [0, 0.1) is 17.0 Å². The normalized spacial score (nSPS) is 11.1. The van der Waals surface area contributed by atoms with E-state index in [4.69, 9.17) is 9.47 Å². The number of anilines is 1. The largest absolute Gasteiger partial charge is 0.493 e. The Morgan fingerprint density at radius 1 is 0.903 bits per heavy atom. The predicted octanol–water partition coefficient (Wildman–Crippen LogP) is 4.32. The third-order valence-electron chi connectivity index (χ3n) is 4.74. The zero-order valence-corrected chi connectivity index (χ0v) is 18.1. The van der Waals surface area contributed by atoms with Crippen LogP contribution >= 0.6 is 0 Å². The van der Waals surface area contributed by atoms with Crippen LogP contribution in [0.1, 0.15) is 11.1 Å². The number of sulfonamides is 1. The van der Waals surface area contributed by atoms with Crippen molar-refractivity contribution in [1.82, 2.24) is 0 Å². The number of non-ortho nitro benzene ring substituents is 1. The second kappa shape index (κ2) is 9.05. The lowest BCUT2D eigenvalue weighted by atomic mass is 10.1. The van der Waals surface area contributed by atoms with Crippen molar-refractivity contribution in [1.29, 1.82) is 0 Å². The highest BCUT2D eigenvalue weighted by molar-refractivity contribution is 7.92. The molecule has 0 N–H and O–H groups in total. The number of benzene rings is 3. The second-order valence-corrected chi connectivity index (χ2v) is 8.65. The Balaban J connectivity index is 2.10. The van der Waals surface area contributed by atoms with E-state index >= 15 is 0 Å². The van der Waals surface area contributed by atoms with E-state index in [1.165, 1.54) is 42.8 Å². The monoisotopic (exact) mass is 442 g/mol. The maximum absolute atomic E-state index is 13.5. The smallest absolute Gasteiger partial charge is 0.269 e. The third-order valence-corrected chi connectivity index (χ3v) is 6.53. The molecule has 0 fully saturated rings. The van der Waals surface area contributed by atoms with E-state index in [0.29, 0.717) is 17.2 Å². The summed E-state index contributed by atoms with van der Waals surface area (Å²) < 4.78 is 38.9. The highest BCUT2D eigenvalue weighted by Gasteiger charge is 2.27. The van der Waals surface area contributed by atoms with Crippen LogP contribution in [-0.4, -0.2) is 27.6 Å². The van der Waals surface area contributed by atoms with Crippen LogP contribution in [-0.2, 0) is 16.6 Å². The fraction of sp³-hybridized carbons (Fsp3) is 0.182. The van der Waals surface area contributed by atoms with Gasteiger partial charge in [-0.1, -0.05) is 29.8 Å². The Hall–Kier alpha value is -3.59. The van der Waals surface area contributed by atoms with Gasteiger partial charge in [-0.15, -0.1) is 0 Å². The lowest BCUT2D eigenvalue weighted by Gasteiger charge is -2.25. The number of hydrogen-bond donors (Lipinski definition) is 0. The quantitative estimate of drug-likeness (QED) is 0.381. The molecule has 0 aliphatic rings. The zero-order valence-electron chi connectivity index (χ0n) is 17.3. The molecule has 0 atom stereocenters. The number of ether oxygens (including phenoxy) is 2. The molecule has 3 aromatic rings. The number of nitro groups is 1. The number of methoxy groups -OCH3 is 2. The molecule has 0 saturated heterocycles. The minimum absolute atomic E-state index is 0.0556. The van der Waals surface area contributed by atoms with Crippen molar-refractivity contribution in [2.75, 3.05) is 18.5 Å². The van der Waals surface area contributed by atoms with Gasteiger partial charge in [0.1, 0.15) is 0 Å². The van der Waals surface area contributed by atoms with Crippen LogP contribution in [0.2, 0.25) is 0 Å². The van der Waals surface area contributed by atoms with Crippen LogP contribution in [0.3, 0.4) is 0 Å². The molecule has 9 heteroatoms. The molecule has 0 aliphatic carbocycles. The van der Waals surface area contributed by atoms with Crippen molar-refractivity contribution in [3.8, 4) is 11.5 Å². The summed E-state index contributed by atoms with van der Waals surface area (Å²) in [6.07, 6.45) is 0. The first-order chi connectivity index (χ1) is 14.8. The average Bonchev–Trinajstić information content (AvgIpc) is 2.78. The molecule has 0 bridgehead atoms. The summed E-state index contributed by atoms with van der Waals surface area (Å²) in [5, 5.41) is 10.9. The number of rotatable bonds is 8. The first-order valence-electron chi connectivity index (χ1n) is 9.31. The topological polar surface area (TPSA) is 99.0 Å². The summed E-state index contributed by atoms with van der Waals surface area (Å²) in [5.41, 5.74) is 2.03. The summed E-state index contributed by atoms with van der Waals surface area (Å²) in [4.78, 5) is 10.3. The van der Waals surface area contributed by atoms with Gasteiger partial charge in [-0.25, -0.2) is 8.42 Å². The highest BCUT2D eigenvalue weighted by Crippen LogP contribution is 2.35. The Bertz CT molecular complexity index is 1180. The molecule has 0 heterocycles. The van der Waals surface area contributed by atoms with E-state index < -0.39 is 14.9 Å². The van der Waals surface area contributed by atoms with Crippen molar-refractivity contribution >= 4 is 21.4 Å². The van der Waals surface area contributed by atoms with Crippen LogP contribution in [0.25, 0.3) is 0 Å². The van der Waals surface area contributed by atoms with Gasteiger partial charge in [0.15, 0.2) is 11.5 Å². The molecule has 162 valence electrons. The van der Waals surface area contributed by atoms with E-state index in [-0.39, 0.29) is 17.1 Å². The second-order valence-electron chi connectivity index (χ2n) is 6.79. The molecule has 0 aliphatic heterocycles. The number of hydrogen-bond acceptors (Lipinski definition) is 6. The first-order valence-corrected chi connectivity index (χ1v) is 10.7. The van der Waals surface area contributed by atoms with Crippen molar-refractivity contribution < 1.29 is 22.8 Å². The minimum atomic E-state index is -4.04. The molecule has 0 amide bonds. The van der Waals surface area contributed by atoms with Crippen LogP contribution in [0.15, 0.2) is 71.6 Å². The van der Waals surface area contributed by atoms with Gasteiger partial charge < -0.3 is 9.47 Å². The van der Waals surface area contributed by atoms with Gasteiger partial charge in [-0.3, -0.25) is 14.4 Å². The molecule has 31 heavy (non-hydrogen) atoms. The van der Waals surface area contributed by atoms with Crippen LogP contribution in [0.5, 0.6) is 11.5 Å². The lowest BCUT2D eigenvalue weighted by molar-refractivity contribution is -0.384. The molecule has 0 spiro atoms. The van der Waals surface area contributed by atoms with Crippen molar-refractivity contribution in [2.45, 2.75) is 18.4 Å². The Morgan fingerprint density at radius 3 is 2.06 bits per heavy atom. The summed E-state index contributed by atoms with van der Waals surface area (Å²) in [7, 11) is -1.07. The minimum Gasteiger partial charge on any atom is -0.493 e.